The minimum absolute atomic E-state index is 0.161. The van der Waals surface area contributed by atoms with E-state index in [0.29, 0.717) is 27.9 Å². The topological polar surface area (TPSA) is 56.1 Å². The number of carbonyl (C=O) groups is 1. The normalized spacial score (nSPS) is 13.7. The Bertz CT molecular complexity index is 622. The minimum atomic E-state index is -0.362. The Hall–Kier alpha value is -1.62. The molecule has 1 heterocycles. The summed E-state index contributed by atoms with van der Waals surface area (Å²) >= 11 is 1.90. The van der Waals surface area contributed by atoms with Crippen molar-refractivity contribution in [2.75, 3.05) is 18.0 Å². The molecule has 0 unspecified atom stereocenters. The molecule has 20 heavy (non-hydrogen) atoms. The Labute approximate surface area is 130 Å². The van der Waals surface area contributed by atoms with Gasteiger partial charge in [0.05, 0.1) is 21.4 Å². The standard InChI is InChI=1S/C14H13FIN3O/c1-2-5-19(10-6-12(20)18-8-10)14-9(7-17)3-4-11(15)13(14)16/h3-4,6H,2,5,8H2,1H3,(H,18,20). The molecular formula is C14H13FIN3O. The fourth-order valence-electron chi connectivity index (χ4n) is 2.12. The molecule has 1 aromatic rings. The first kappa shape index (κ1) is 14.8. The van der Waals surface area contributed by atoms with Gasteiger partial charge in [-0.1, -0.05) is 6.92 Å². The molecule has 1 aliphatic heterocycles. The fraction of sp³-hybridized carbons (Fsp3) is 0.286. The Kier molecular flexibility index (Phi) is 4.60. The Morgan fingerprint density at radius 3 is 2.85 bits per heavy atom. The molecule has 0 bridgehead atoms. The van der Waals surface area contributed by atoms with Crippen LogP contribution in [0, 0.1) is 20.7 Å². The van der Waals surface area contributed by atoms with E-state index in [4.69, 9.17) is 0 Å². The van der Waals surface area contributed by atoms with Crippen molar-refractivity contribution in [1.29, 1.82) is 5.26 Å². The van der Waals surface area contributed by atoms with Crippen molar-refractivity contribution in [1.82, 2.24) is 5.32 Å². The van der Waals surface area contributed by atoms with E-state index in [1.54, 1.807) is 0 Å². The molecule has 0 saturated heterocycles. The van der Waals surface area contributed by atoms with Gasteiger partial charge in [-0.3, -0.25) is 4.79 Å². The molecule has 6 heteroatoms. The monoisotopic (exact) mass is 385 g/mol. The molecule has 2 rings (SSSR count). The van der Waals surface area contributed by atoms with E-state index in [0.717, 1.165) is 12.1 Å². The third-order valence-electron chi connectivity index (χ3n) is 2.99. The predicted molar refractivity (Wildman–Crippen MR) is 82.6 cm³/mol. The maximum atomic E-state index is 13.8. The van der Waals surface area contributed by atoms with Gasteiger partial charge >= 0.3 is 0 Å². The van der Waals surface area contributed by atoms with Gasteiger partial charge in [0.15, 0.2) is 0 Å². The van der Waals surface area contributed by atoms with E-state index in [2.05, 4.69) is 11.4 Å². The van der Waals surface area contributed by atoms with Crippen molar-refractivity contribution in [2.24, 2.45) is 0 Å². The lowest BCUT2D eigenvalue weighted by atomic mass is 10.1. The van der Waals surface area contributed by atoms with Crippen molar-refractivity contribution in [2.45, 2.75) is 13.3 Å². The van der Waals surface area contributed by atoms with Gasteiger partial charge in [-0.25, -0.2) is 4.39 Å². The largest absolute Gasteiger partial charge is 0.347 e. The van der Waals surface area contributed by atoms with Crippen LogP contribution in [0.5, 0.6) is 0 Å². The first-order chi connectivity index (χ1) is 9.58. The Morgan fingerprint density at radius 2 is 2.30 bits per heavy atom. The van der Waals surface area contributed by atoms with Crippen molar-refractivity contribution in [3.8, 4) is 6.07 Å². The van der Waals surface area contributed by atoms with Gasteiger partial charge in [0.2, 0.25) is 5.91 Å². The summed E-state index contributed by atoms with van der Waals surface area (Å²) in [6, 6.07) is 4.86. The molecule has 0 fully saturated rings. The molecule has 0 atom stereocenters. The summed E-state index contributed by atoms with van der Waals surface area (Å²) in [4.78, 5) is 13.2. The summed E-state index contributed by atoms with van der Waals surface area (Å²) in [5.74, 6) is -0.524. The third kappa shape index (κ3) is 2.77. The SMILES string of the molecule is CCCN(C1=CC(=O)NC1)c1c(C#N)ccc(F)c1I. The van der Waals surface area contributed by atoms with Crippen LogP contribution < -0.4 is 10.2 Å². The fourth-order valence-corrected chi connectivity index (χ4v) is 2.88. The van der Waals surface area contributed by atoms with Gasteiger partial charge in [-0.15, -0.1) is 0 Å². The predicted octanol–water partition coefficient (Wildman–Crippen LogP) is 2.53. The first-order valence-electron chi connectivity index (χ1n) is 6.22. The number of rotatable bonds is 4. The van der Waals surface area contributed by atoms with E-state index in [1.165, 1.54) is 18.2 Å². The Balaban J connectivity index is 2.55. The van der Waals surface area contributed by atoms with E-state index < -0.39 is 0 Å². The van der Waals surface area contributed by atoms with Crippen LogP contribution in [0.2, 0.25) is 0 Å². The molecule has 0 aliphatic carbocycles. The highest BCUT2D eigenvalue weighted by Gasteiger charge is 2.23. The average Bonchev–Trinajstić information content (AvgIpc) is 2.86. The quantitative estimate of drug-likeness (QED) is 0.811. The molecule has 1 N–H and O–H groups in total. The minimum Gasteiger partial charge on any atom is -0.347 e. The molecule has 0 aromatic heterocycles. The summed E-state index contributed by atoms with van der Waals surface area (Å²) in [6.07, 6.45) is 2.32. The van der Waals surface area contributed by atoms with Crippen LogP contribution in [-0.2, 0) is 4.79 Å². The molecular weight excluding hydrogens is 372 g/mol. The zero-order valence-electron chi connectivity index (χ0n) is 10.9. The lowest BCUT2D eigenvalue weighted by Crippen LogP contribution is -2.28. The summed E-state index contributed by atoms with van der Waals surface area (Å²) < 4.78 is 14.2. The van der Waals surface area contributed by atoms with Gasteiger partial charge < -0.3 is 10.2 Å². The van der Waals surface area contributed by atoms with E-state index in [9.17, 15) is 14.4 Å². The van der Waals surface area contributed by atoms with Crippen LogP contribution in [0.1, 0.15) is 18.9 Å². The zero-order valence-corrected chi connectivity index (χ0v) is 13.1. The van der Waals surface area contributed by atoms with Gasteiger partial charge in [0, 0.05) is 18.3 Å². The highest BCUT2D eigenvalue weighted by atomic mass is 127. The lowest BCUT2D eigenvalue weighted by Gasteiger charge is -2.27. The number of hydrogen-bond donors (Lipinski definition) is 1. The van der Waals surface area contributed by atoms with E-state index in [1.807, 2.05) is 34.4 Å². The van der Waals surface area contributed by atoms with Crippen molar-refractivity contribution in [3.05, 3.63) is 38.9 Å². The molecule has 1 amide bonds. The summed E-state index contributed by atoms with van der Waals surface area (Å²) in [5.41, 5.74) is 1.71. The molecule has 0 spiro atoms. The zero-order chi connectivity index (χ0) is 14.7. The highest BCUT2D eigenvalue weighted by molar-refractivity contribution is 14.1. The van der Waals surface area contributed by atoms with Crippen LogP contribution >= 0.6 is 22.6 Å². The average molecular weight is 385 g/mol. The van der Waals surface area contributed by atoms with Crippen molar-refractivity contribution in [3.63, 3.8) is 0 Å². The Morgan fingerprint density at radius 1 is 1.55 bits per heavy atom. The number of nitrogens with zero attached hydrogens (tertiary/aromatic N) is 2. The molecule has 0 saturated carbocycles. The number of anilines is 1. The van der Waals surface area contributed by atoms with E-state index >= 15 is 0 Å². The molecule has 104 valence electrons. The van der Waals surface area contributed by atoms with Crippen molar-refractivity contribution >= 4 is 34.2 Å². The highest BCUT2D eigenvalue weighted by Crippen LogP contribution is 2.32. The molecule has 1 aliphatic rings. The number of hydrogen-bond acceptors (Lipinski definition) is 3. The second-order valence-electron chi connectivity index (χ2n) is 4.37. The number of nitriles is 1. The lowest BCUT2D eigenvalue weighted by molar-refractivity contribution is -0.115. The van der Waals surface area contributed by atoms with Crippen molar-refractivity contribution < 1.29 is 9.18 Å². The third-order valence-corrected chi connectivity index (χ3v) is 4.02. The summed E-state index contributed by atoms with van der Waals surface area (Å²) in [6.45, 7) is 3.02. The second-order valence-corrected chi connectivity index (χ2v) is 5.45. The van der Waals surface area contributed by atoms with Gasteiger partial charge in [-0.05, 0) is 41.1 Å². The van der Waals surface area contributed by atoms with Crippen LogP contribution in [0.15, 0.2) is 23.9 Å². The summed E-state index contributed by atoms with van der Waals surface area (Å²) in [7, 11) is 0. The van der Waals surface area contributed by atoms with E-state index in [-0.39, 0.29) is 11.7 Å². The molecule has 0 radical (unpaired) electrons. The van der Waals surface area contributed by atoms with Crippen LogP contribution in [0.3, 0.4) is 0 Å². The van der Waals surface area contributed by atoms with Crippen LogP contribution in [0.4, 0.5) is 10.1 Å². The number of carbonyl (C=O) groups excluding carboxylic acids is 1. The number of benzene rings is 1. The first-order valence-corrected chi connectivity index (χ1v) is 7.30. The van der Waals surface area contributed by atoms with Crippen LogP contribution in [-0.4, -0.2) is 19.0 Å². The van der Waals surface area contributed by atoms with Gasteiger partial charge in [0.25, 0.3) is 0 Å². The maximum absolute atomic E-state index is 13.8. The van der Waals surface area contributed by atoms with Gasteiger partial charge in [0.1, 0.15) is 11.9 Å². The summed E-state index contributed by atoms with van der Waals surface area (Å²) in [5, 5.41) is 11.9. The van der Waals surface area contributed by atoms with Gasteiger partial charge in [-0.2, -0.15) is 5.26 Å². The number of halogens is 2. The number of amides is 1. The second kappa shape index (κ2) is 6.22. The molecule has 1 aromatic carbocycles. The maximum Gasteiger partial charge on any atom is 0.246 e. The molecule has 4 nitrogen and oxygen atoms in total. The number of nitrogens with one attached hydrogen (secondary N) is 1. The smallest absolute Gasteiger partial charge is 0.246 e. The van der Waals surface area contributed by atoms with Crippen LogP contribution in [0.25, 0.3) is 0 Å².